The highest BCUT2D eigenvalue weighted by molar-refractivity contribution is 6.68. The van der Waals surface area contributed by atoms with Gasteiger partial charge in [-0.3, -0.25) is 9.59 Å². The van der Waals surface area contributed by atoms with Crippen LogP contribution in [-0.2, 0) is 23.2 Å². The Morgan fingerprint density at radius 2 is 2.00 bits per heavy atom. The van der Waals surface area contributed by atoms with Crippen LogP contribution in [0.1, 0.15) is 39.5 Å². The maximum absolute atomic E-state index is 12.0. The average molecular weight is 286 g/mol. The first-order valence-corrected chi connectivity index (χ1v) is 9.51. The summed E-state index contributed by atoms with van der Waals surface area (Å²) >= 11 is 0. The minimum absolute atomic E-state index is 0.235. The third-order valence-electron chi connectivity index (χ3n) is 3.90. The second kappa shape index (κ2) is 5.62. The quantitative estimate of drug-likeness (QED) is 0.572. The number of hydrogen-bond acceptors (Lipinski definition) is 5. The first kappa shape index (κ1) is 14.5. The van der Waals surface area contributed by atoms with Gasteiger partial charge in [-0.15, -0.1) is 0 Å². The van der Waals surface area contributed by atoms with Crippen molar-refractivity contribution in [3.8, 4) is 0 Å². The summed E-state index contributed by atoms with van der Waals surface area (Å²) in [5.74, 6) is -0.263. The predicted octanol–water partition coefficient (Wildman–Crippen LogP) is 2.14. The van der Waals surface area contributed by atoms with Crippen molar-refractivity contribution in [3.05, 3.63) is 0 Å². The molecule has 1 aliphatic heterocycles. The lowest BCUT2D eigenvalue weighted by Crippen LogP contribution is -2.41. The van der Waals surface area contributed by atoms with E-state index in [1.165, 1.54) is 6.92 Å². The molecule has 2 fully saturated rings. The molecule has 2 rings (SSSR count). The number of carbonyl (C=O) groups excluding carboxylic acids is 2. The largest absolute Gasteiger partial charge is 0.485 e. The van der Waals surface area contributed by atoms with Crippen molar-refractivity contribution in [2.45, 2.75) is 64.3 Å². The molecule has 4 atom stereocenters. The second-order valence-electron chi connectivity index (χ2n) is 5.65. The van der Waals surface area contributed by atoms with E-state index < -0.39 is 8.56 Å². The topological polar surface area (TPSA) is 65.1 Å². The summed E-state index contributed by atoms with van der Waals surface area (Å²) in [6.45, 7) is 4.99. The van der Waals surface area contributed by atoms with Crippen LogP contribution in [0.3, 0.4) is 0 Å². The summed E-state index contributed by atoms with van der Waals surface area (Å²) in [4.78, 5) is 23.0. The van der Waals surface area contributed by atoms with Crippen molar-refractivity contribution in [3.63, 3.8) is 0 Å². The first-order chi connectivity index (χ1) is 8.92. The first-order valence-electron chi connectivity index (χ1n) is 6.98. The fraction of sp³-hybridized carbons (Fsp3) is 0.846. The maximum atomic E-state index is 12.0. The van der Waals surface area contributed by atoms with Gasteiger partial charge < -0.3 is 13.6 Å². The molecule has 0 radical (unpaired) electrons. The van der Waals surface area contributed by atoms with E-state index in [1.807, 2.05) is 6.92 Å². The third-order valence-corrected chi connectivity index (χ3v) is 6.56. The molecular weight excluding hydrogens is 264 g/mol. The number of epoxide rings is 1. The van der Waals surface area contributed by atoms with Gasteiger partial charge in [0.1, 0.15) is 0 Å². The van der Waals surface area contributed by atoms with E-state index in [4.69, 9.17) is 13.6 Å². The highest BCUT2D eigenvalue weighted by Crippen LogP contribution is 2.40. The van der Waals surface area contributed by atoms with Crippen LogP contribution in [-0.4, -0.2) is 32.7 Å². The fourth-order valence-electron chi connectivity index (χ4n) is 2.66. The van der Waals surface area contributed by atoms with Crippen LogP contribution in [0, 0.1) is 5.92 Å². The van der Waals surface area contributed by atoms with Gasteiger partial charge in [0.25, 0.3) is 11.9 Å². The highest BCUT2D eigenvalue weighted by atomic mass is 28.4. The number of carbonyl (C=O) groups is 2. The molecule has 0 aromatic rings. The van der Waals surface area contributed by atoms with E-state index in [2.05, 4.69) is 0 Å². The van der Waals surface area contributed by atoms with Gasteiger partial charge in [-0.1, -0.05) is 6.92 Å². The highest BCUT2D eigenvalue weighted by Gasteiger charge is 2.45. The van der Waals surface area contributed by atoms with Crippen LogP contribution in [0.5, 0.6) is 0 Å². The zero-order valence-electron chi connectivity index (χ0n) is 11.8. The van der Waals surface area contributed by atoms with Crippen molar-refractivity contribution in [2.75, 3.05) is 0 Å². The van der Waals surface area contributed by atoms with Gasteiger partial charge in [0.05, 0.1) is 12.2 Å². The van der Waals surface area contributed by atoms with Crippen LogP contribution in [0.4, 0.5) is 0 Å². The van der Waals surface area contributed by atoms with Gasteiger partial charge in [0.15, 0.2) is 0 Å². The lowest BCUT2D eigenvalue weighted by Gasteiger charge is -2.26. The van der Waals surface area contributed by atoms with Crippen LogP contribution in [0.15, 0.2) is 0 Å². The van der Waals surface area contributed by atoms with Crippen molar-refractivity contribution >= 4 is 20.5 Å². The molecule has 19 heavy (non-hydrogen) atoms. The lowest BCUT2D eigenvalue weighted by atomic mass is 9.87. The van der Waals surface area contributed by atoms with E-state index in [0.29, 0.717) is 30.6 Å². The fourth-order valence-corrected chi connectivity index (χ4v) is 4.16. The molecule has 1 heterocycles. The SMILES string of the molecule is CC[Si](C)(OC(C)=O)OC(=O)CC1CCC2OC2C1. The molecule has 0 amide bonds. The molecule has 1 saturated carbocycles. The summed E-state index contributed by atoms with van der Waals surface area (Å²) in [6.07, 6.45) is 4.26. The van der Waals surface area contributed by atoms with E-state index in [1.54, 1.807) is 6.55 Å². The van der Waals surface area contributed by atoms with Gasteiger partial charge in [-0.25, -0.2) is 0 Å². The Balaban J connectivity index is 1.80. The number of fused-ring (bicyclic) bond motifs is 1. The number of ether oxygens (including phenoxy) is 1. The normalized spacial score (nSPS) is 31.8. The van der Waals surface area contributed by atoms with Crippen LogP contribution in [0.25, 0.3) is 0 Å². The molecule has 0 bridgehead atoms. The lowest BCUT2D eigenvalue weighted by molar-refractivity contribution is -0.141. The molecule has 4 unspecified atom stereocenters. The average Bonchev–Trinajstić information content (AvgIpc) is 3.05. The van der Waals surface area contributed by atoms with Crippen LogP contribution in [0.2, 0.25) is 12.6 Å². The molecule has 1 saturated heterocycles. The van der Waals surface area contributed by atoms with Crippen molar-refractivity contribution in [1.29, 1.82) is 0 Å². The summed E-state index contributed by atoms with van der Waals surface area (Å²) in [5, 5.41) is 0. The second-order valence-corrected chi connectivity index (χ2v) is 9.03. The number of hydrogen-bond donors (Lipinski definition) is 0. The Morgan fingerprint density at radius 3 is 2.58 bits per heavy atom. The molecule has 5 nitrogen and oxygen atoms in total. The molecule has 0 spiro atoms. The summed E-state index contributed by atoms with van der Waals surface area (Å²) in [5.41, 5.74) is 0. The van der Waals surface area contributed by atoms with Crippen molar-refractivity contribution < 1.29 is 23.2 Å². The molecule has 0 aromatic heterocycles. The summed E-state index contributed by atoms with van der Waals surface area (Å²) in [6, 6.07) is 0.580. The molecule has 108 valence electrons. The van der Waals surface area contributed by atoms with E-state index >= 15 is 0 Å². The van der Waals surface area contributed by atoms with E-state index in [0.717, 1.165) is 19.3 Å². The standard InChI is InChI=1S/C13H22O5Si/c1-4-19(3,17-9(2)14)18-13(15)8-10-5-6-11-12(7-10)16-11/h10-12H,4-8H2,1-3H3. The van der Waals surface area contributed by atoms with Gasteiger partial charge in [-0.05, 0) is 25.2 Å². The molecule has 2 aliphatic rings. The van der Waals surface area contributed by atoms with Crippen molar-refractivity contribution in [1.82, 2.24) is 0 Å². The van der Waals surface area contributed by atoms with Gasteiger partial charge in [0, 0.05) is 25.9 Å². The predicted molar refractivity (Wildman–Crippen MR) is 70.6 cm³/mol. The minimum Gasteiger partial charge on any atom is -0.485 e. The molecule has 6 heteroatoms. The monoisotopic (exact) mass is 286 g/mol. The van der Waals surface area contributed by atoms with Crippen LogP contribution >= 0.6 is 0 Å². The Morgan fingerprint density at radius 1 is 1.26 bits per heavy atom. The Bertz CT molecular complexity index is 372. The Kier molecular flexibility index (Phi) is 4.30. The zero-order chi connectivity index (χ0) is 14.0. The van der Waals surface area contributed by atoms with Gasteiger partial charge in [-0.2, -0.15) is 0 Å². The zero-order valence-corrected chi connectivity index (χ0v) is 12.8. The summed E-state index contributed by atoms with van der Waals surface area (Å²) in [7, 11) is -2.67. The molecular formula is C13H22O5Si. The molecule has 1 aliphatic carbocycles. The maximum Gasteiger partial charge on any atom is 0.460 e. The smallest absolute Gasteiger partial charge is 0.460 e. The van der Waals surface area contributed by atoms with Crippen molar-refractivity contribution in [2.24, 2.45) is 5.92 Å². The Hall–Kier alpha value is -0.883. The minimum atomic E-state index is -2.67. The third kappa shape index (κ3) is 4.04. The van der Waals surface area contributed by atoms with Gasteiger partial charge >= 0.3 is 8.56 Å². The molecule has 0 N–H and O–H groups in total. The summed E-state index contributed by atoms with van der Waals surface area (Å²) < 4.78 is 16.1. The van der Waals surface area contributed by atoms with E-state index in [-0.39, 0.29) is 11.9 Å². The Labute approximate surface area is 114 Å². The molecule has 0 aromatic carbocycles. The van der Waals surface area contributed by atoms with Gasteiger partial charge in [0.2, 0.25) is 0 Å². The van der Waals surface area contributed by atoms with Crippen LogP contribution < -0.4 is 0 Å². The number of rotatable bonds is 5. The van der Waals surface area contributed by atoms with E-state index in [9.17, 15) is 9.59 Å².